The summed E-state index contributed by atoms with van der Waals surface area (Å²) < 4.78 is 16.7. The van der Waals surface area contributed by atoms with Crippen molar-refractivity contribution in [1.29, 1.82) is 0 Å². The quantitative estimate of drug-likeness (QED) is 0.534. The van der Waals surface area contributed by atoms with E-state index in [0.717, 1.165) is 26.2 Å². The van der Waals surface area contributed by atoms with Crippen molar-refractivity contribution < 1.29 is 9.13 Å². The van der Waals surface area contributed by atoms with E-state index in [0.29, 0.717) is 6.54 Å². The van der Waals surface area contributed by atoms with Gasteiger partial charge in [0.1, 0.15) is 6.67 Å². The molecule has 0 saturated heterocycles. The van der Waals surface area contributed by atoms with E-state index in [1.165, 1.54) is 0 Å². The number of hydrogen-bond donors (Lipinski definition) is 1. The van der Waals surface area contributed by atoms with Gasteiger partial charge in [0.15, 0.2) is 0 Å². The lowest BCUT2D eigenvalue weighted by Crippen LogP contribution is -2.32. The molecule has 0 aliphatic carbocycles. The molecule has 74 valence electrons. The number of likely N-dealkylation sites (N-methyl/N-ethyl adjacent to an activating group) is 1. The van der Waals surface area contributed by atoms with Crippen LogP contribution in [-0.4, -0.2) is 58.5 Å². The lowest BCUT2D eigenvalue weighted by Gasteiger charge is -2.14. The molecule has 0 amide bonds. The normalized spacial score (nSPS) is 11.0. The van der Waals surface area contributed by atoms with E-state index in [9.17, 15) is 4.39 Å². The Morgan fingerprint density at radius 3 is 2.67 bits per heavy atom. The number of halogens is 1. The second-order valence-electron chi connectivity index (χ2n) is 2.74. The zero-order chi connectivity index (χ0) is 9.23. The highest BCUT2D eigenvalue weighted by Crippen LogP contribution is 1.80. The molecule has 3 nitrogen and oxygen atoms in total. The van der Waals surface area contributed by atoms with Crippen LogP contribution < -0.4 is 5.32 Å². The zero-order valence-electron chi connectivity index (χ0n) is 7.98. The van der Waals surface area contributed by atoms with Crippen molar-refractivity contribution in [3.8, 4) is 0 Å². The molecule has 0 spiro atoms. The zero-order valence-corrected chi connectivity index (χ0v) is 7.98. The number of methoxy groups -OCH3 is 1. The first kappa shape index (κ1) is 11.8. The van der Waals surface area contributed by atoms with E-state index in [4.69, 9.17) is 4.74 Å². The molecule has 0 rings (SSSR count). The first-order valence-electron chi connectivity index (χ1n) is 4.25. The lowest BCUT2D eigenvalue weighted by atomic mass is 10.5. The van der Waals surface area contributed by atoms with Crippen molar-refractivity contribution in [2.24, 2.45) is 0 Å². The SMILES string of the molecule is COCCNCCN(C)CCF. The highest BCUT2D eigenvalue weighted by Gasteiger charge is 1.95. The highest BCUT2D eigenvalue weighted by atomic mass is 19.1. The van der Waals surface area contributed by atoms with Crippen molar-refractivity contribution in [1.82, 2.24) is 10.2 Å². The monoisotopic (exact) mass is 178 g/mol. The van der Waals surface area contributed by atoms with E-state index in [-0.39, 0.29) is 6.67 Å². The predicted octanol–water partition coefficient (Wildman–Crippen LogP) is 0.124. The van der Waals surface area contributed by atoms with Crippen LogP contribution in [0.25, 0.3) is 0 Å². The van der Waals surface area contributed by atoms with Crippen LogP contribution in [0, 0.1) is 0 Å². The topological polar surface area (TPSA) is 24.5 Å². The summed E-state index contributed by atoms with van der Waals surface area (Å²) in [5.41, 5.74) is 0. The Balaban J connectivity index is 2.97. The van der Waals surface area contributed by atoms with Crippen LogP contribution in [-0.2, 0) is 4.74 Å². The van der Waals surface area contributed by atoms with Gasteiger partial charge in [-0.1, -0.05) is 0 Å². The first-order chi connectivity index (χ1) is 5.81. The largest absolute Gasteiger partial charge is 0.383 e. The highest BCUT2D eigenvalue weighted by molar-refractivity contribution is 4.53. The second-order valence-corrected chi connectivity index (χ2v) is 2.74. The van der Waals surface area contributed by atoms with Crippen LogP contribution in [0.3, 0.4) is 0 Å². The number of hydrogen-bond acceptors (Lipinski definition) is 3. The minimum atomic E-state index is -0.269. The van der Waals surface area contributed by atoms with Gasteiger partial charge in [0.2, 0.25) is 0 Å². The molecule has 0 unspecified atom stereocenters. The first-order valence-corrected chi connectivity index (χ1v) is 4.25. The standard InChI is InChI=1S/C8H19FN2O/c1-11(6-3-9)7-4-10-5-8-12-2/h10H,3-8H2,1-2H3. The average Bonchev–Trinajstić information content (AvgIpc) is 2.05. The fourth-order valence-electron chi connectivity index (χ4n) is 0.825. The summed E-state index contributed by atoms with van der Waals surface area (Å²) in [5.74, 6) is 0. The van der Waals surface area contributed by atoms with E-state index in [1.54, 1.807) is 7.11 Å². The third-order valence-electron chi connectivity index (χ3n) is 1.62. The summed E-state index contributed by atoms with van der Waals surface area (Å²) in [4.78, 5) is 1.96. The molecular formula is C8H19FN2O. The van der Waals surface area contributed by atoms with Gasteiger partial charge < -0.3 is 15.0 Å². The maximum Gasteiger partial charge on any atom is 0.102 e. The van der Waals surface area contributed by atoms with Crippen molar-refractivity contribution in [3.05, 3.63) is 0 Å². The number of nitrogens with zero attached hydrogens (tertiary/aromatic N) is 1. The smallest absolute Gasteiger partial charge is 0.102 e. The fraction of sp³-hybridized carbons (Fsp3) is 1.00. The molecule has 0 heterocycles. The van der Waals surface area contributed by atoms with Crippen molar-refractivity contribution in [2.75, 3.05) is 53.6 Å². The molecule has 0 aromatic heterocycles. The third kappa shape index (κ3) is 7.91. The van der Waals surface area contributed by atoms with Crippen LogP contribution in [0.4, 0.5) is 4.39 Å². The molecule has 4 heteroatoms. The van der Waals surface area contributed by atoms with Gasteiger partial charge in [-0.2, -0.15) is 0 Å². The van der Waals surface area contributed by atoms with E-state index >= 15 is 0 Å². The molecule has 1 N–H and O–H groups in total. The summed E-state index contributed by atoms with van der Waals surface area (Å²) in [5, 5.41) is 3.19. The van der Waals surface area contributed by atoms with Crippen molar-refractivity contribution >= 4 is 0 Å². The van der Waals surface area contributed by atoms with E-state index < -0.39 is 0 Å². The number of nitrogens with one attached hydrogen (secondary N) is 1. The summed E-state index contributed by atoms with van der Waals surface area (Å²) >= 11 is 0. The molecule has 0 aliphatic heterocycles. The van der Waals surface area contributed by atoms with Crippen molar-refractivity contribution in [3.63, 3.8) is 0 Å². The van der Waals surface area contributed by atoms with Gasteiger partial charge in [-0.3, -0.25) is 0 Å². The van der Waals surface area contributed by atoms with Crippen LogP contribution in [0.5, 0.6) is 0 Å². The molecular weight excluding hydrogens is 159 g/mol. The maximum absolute atomic E-state index is 11.8. The summed E-state index contributed by atoms with van der Waals surface area (Å²) in [6, 6.07) is 0. The lowest BCUT2D eigenvalue weighted by molar-refractivity contribution is 0.197. The summed E-state index contributed by atoms with van der Waals surface area (Å²) in [6.45, 7) is 3.61. The number of rotatable bonds is 8. The Morgan fingerprint density at radius 2 is 2.08 bits per heavy atom. The molecule has 0 saturated carbocycles. The van der Waals surface area contributed by atoms with Crippen LogP contribution >= 0.6 is 0 Å². The molecule has 0 aromatic carbocycles. The van der Waals surface area contributed by atoms with Crippen LogP contribution in [0.15, 0.2) is 0 Å². The van der Waals surface area contributed by atoms with Crippen LogP contribution in [0.2, 0.25) is 0 Å². The average molecular weight is 178 g/mol. The Bertz CT molecular complexity index is 93.1. The molecule has 0 atom stereocenters. The van der Waals surface area contributed by atoms with Gasteiger partial charge in [-0.05, 0) is 7.05 Å². The molecule has 0 radical (unpaired) electrons. The van der Waals surface area contributed by atoms with Gasteiger partial charge in [0, 0.05) is 33.3 Å². The minimum Gasteiger partial charge on any atom is -0.383 e. The second kappa shape index (κ2) is 8.90. The van der Waals surface area contributed by atoms with Gasteiger partial charge in [0.25, 0.3) is 0 Å². The Morgan fingerprint density at radius 1 is 1.33 bits per heavy atom. The molecule has 0 aliphatic rings. The fourth-order valence-corrected chi connectivity index (χ4v) is 0.825. The van der Waals surface area contributed by atoms with Crippen molar-refractivity contribution in [2.45, 2.75) is 0 Å². The third-order valence-corrected chi connectivity index (χ3v) is 1.62. The Kier molecular flexibility index (Phi) is 8.76. The van der Waals surface area contributed by atoms with Gasteiger partial charge in [-0.15, -0.1) is 0 Å². The van der Waals surface area contributed by atoms with E-state index in [2.05, 4.69) is 5.32 Å². The maximum atomic E-state index is 11.8. The van der Waals surface area contributed by atoms with E-state index in [1.807, 2.05) is 11.9 Å². The summed E-state index contributed by atoms with van der Waals surface area (Å²) in [6.07, 6.45) is 0. The van der Waals surface area contributed by atoms with Gasteiger partial charge in [-0.25, -0.2) is 4.39 Å². The number of ether oxygens (including phenoxy) is 1. The Hall–Kier alpha value is -0.190. The minimum absolute atomic E-state index is 0.269. The predicted molar refractivity (Wildman–Crippen MR) is 48.2 cm³/mol. The van der Waals surface area contributed by atoms with Crippen LogP contribution in [0.1, 0.15) is 0 Å². The summed E-state index contributed by atoms with van der Waals surface area (Å²) in [7, 11) is 3.59. The Labute approximate surface area is 73.9 Å². The molecule has 12 heavy (non-hydrogen) atoms. The number of alkyl halides is 1. The molecule has 0 aromatic rings. The van der Waals surface area contributed by atoms with Gasteiger partial charge >= 0.3 is 0 Å². The van der Waals surface area contributed by atoms with Gasteiger partial charge in [0.05, 0.1) is 6.61 Å². The molecule has 0 fully saturated rings. The molecule has 0 bridgehead atoms.